The molecule has 1 heterocycles. The van der Waals surface area contributed by atoms with Crippen LogP contribution in [0.4, 0.5) is 0 Å². The van der Waals surface area contributed by atoms with E-state index in [4.69, 9.17) is 9.47 Å². The van der Waals surface area contributed by atoms with Crippen LogP contribution < -0.4 is 10.3 Å². The molecule has 0 aliphatic heterocycles. The van der Waals surface area contributed by atoms with Crippen molar-refractivity contribution < 1.29 is 22.7 Å². The number of fused-ring (bicyclic) bond motifs is 1. The molecule has 0 radical (unpaired) electrons. The molecule has 9 heteroatoms. The molecular formula is C28H28N2O6S. The van der Waals surface area contributed by atoms with Crippen molar-refractivity contribution in [3.8, 4) is 5.75 Å². The van der Waals surface area contributed by atoms with Crippen LogP contribution in [-0.4, -0.2) is 37.9 Å². The van der Waals surface area contributed by atoms with Crippen LogP contribution in [0.5, 0.6) is 5.75 Å². The maximum atomic E-state index is 13.8. The first-order chi connectivity index (χ1) is 17.7. The lowest BCUT2D eigenvalue weighted by atomic mass is 10.1. The molecule has 0 saturated carbocycles. The lowest BCUT2D eigenvalue weighted by Gasteiger charge is -2.23. The molecule has 1 N–H and O–H groups in total. The largest absolute Gasteiger partial charge is 0.497 e. The van der Waals surface area contributed by atoms with Gasteiger partial charge in [-0.3, -0.25) is 4.79 Å². The van der Waals surface area contributed by atoms with Crippen LogP contribution in [0.2, 0.25) is 0 Å². The molecule has 4 aromatic rings. The molecule has 0 unspecified atom stereocenters. The van der Waals surface area contributed by atoms with E-state index < -0.39 is 16.0 Å². The van der Waals surface area contributed by atoms with Crippen molar-refractivity contribution in [1.82, 2.24) is 9.29 Å². The summed E-state index contributed by atoms with van der Waals surface area (Å²) < 4.78 is 38.7. The topological polar surface area (TPSA) is 106 Å². The second-order valence-corrected chi connectivity index (χ2v) is 10.5. The normalized spacial score (nSPS) is 11.6. The number of esters is 1. The maximum absolute atomic E-state index is 13.8. The van der Waals surface area contributed by atoms with E-state index in [-0.39, 0.29) is 29.1 Å². The number of benzene rings is 3. The summed E-state index contributed by atoms with van der Waals surface area (Å²) in [6.07, 6.45) is 0.837. The van der Waals surface area contributed by atoms with Crippen LogP contribution in [0.3, 0.4) is 0 Å². The van der Waals surface area contributed by atoms with Crippen LogP contribution in [0.1, 0.15) is 34.0 Å². The molecule has 37 heavy (non-hydrogen) atoms. The lowest BCUT2D eigenvalue weighted by molar-refractivity contribution is 0.0600. The van der Waals surface area contributed by atoms with Crippen molar-refractivity contribution in [2.75, 3.05) is 14.2 Å². The Kier molecular flexibility index (Phi) is 7.75. The Balaban J connectivity index is 1.75. The molecule has 192 valence electrons. The number of pyridine rings is 1. The van der Waals surface area contributed by atoms with Gasteiger partial charge in [0.25, 0.3) is 5.56 Å². The highest BCUT2D eigenvalue weighted by Gasteiger charge is 2.26. The first-order valence-electron chi connectivity index (χ1n) is 11.7. The van der Waals surface area contributed by atoms with E-state index in [9.17, 15) is 18.0 Å². The van der Waals surface area contributed by atoms with Gasteiger partial charge in [0.2, 0.25) is 10.0 Å². The average Bonchev–Trinajstić information content (AvgIpc) is 2.92. The van der Waals surface area contributed by atoms with E-state index in [1.807, 2.05) is 25.1 Å². The highest BCUT2D eigenvalue weighted by atomic mass is 32.2. The van der Waals surface area contributed by atoms with Crippen LogP contribution in [-0.2, 0) is 34.3 Å². The highest BCUT2D eigenvalue weighted by molar-refractivity contribution is 7.89. The number of hydrogen-bond donors (Lipinski definition) is 1. The van der Waals surface area contributed by atoms with Gasteiger partial charge in [-0.15, -0.1) is 0 Å². The Morgan fingerprint density at radius 3 is 2.19 bits per heavy atom. The molecule has 0 atom stereocenters. The Morgan fingerprint density at radius 2 is 1.57 bits per heavy atom. The fourth-order valence-corrected chi connectivity index (χ4v) is 5.43. The van der Waals surface area contributed by atoms with Gasteiger partial charge in [-0.25, -0.2) is 13.2 Å². The number of rotatable bonds is 9. The Bertz CT molecular complexity index is 1580. The average molecular weight is 521 g/mol. The van der Waals surface area contributed by atoms with Crippen LogP contribution in [0.25, 0.3) is 10.9 Å². The summed E-state index contributed by atoms with van der Waals surface area (Å²) in [6, 6.07) is 20.1. The SMILES string of the molecule is CCc1ccc2[nH]c(=O)c(CN(Cc3ccc(OC)cc3)S(=O)(=O)c3ccc(C(=O)OC)cc3)cc2c1. The summed E-state index contributed by atoms with van der Waals surface area (Å²) in [6.45, 7) is 1.93. The molecule has 8 nitrogen and oxygen atoms in total. The molecular weight excluding hydrogens is 492 g/mol. The number of H-pyrrole nitrogens is 1. The highest BCUT2D eigenvalue weighted by Crippen LogP contribution is 2.23. The van der Waals surface area contributed by atoms with Gasteiger partial charge in [0.05, 0.1) is 24.7 Å². The number of carbonyl (C=O) groups is 1. The van der Waals surface area contributed by atoms with Gasteiger partial charge in [-0.05, 0) is 77.5 Å². The Morgan fingerprint density at radius 1 is 0.892 bits per heavy atom. The number of sulfonamides is 1. The third kappa shape index (κ3) is 5.73. The van der Waals surface area contributed by atoms with Crippen molar-refractivity contribution in [1.29, 1.82) is 0 Å². The predicted octanol–water partition coefficient (Wildman–Crippen LogP) is 4.28. The smallest absolute Gasteiger partial charge is 0.337 e. The van der Waals surface area contributed by atoms with E-state index in [1.165, 1.54) is 35.7 Å². The van der Waals surface area contributed by atoms with Crippen molar-refractivity contribution in [3.63, 3.8) is 0 Å². The number of hydrogen-bond acceptors (Lipinski definition) is 6. The molecule has 0 fully saturated rings. The minimum absolute atomic E-state index is 0.000785. The van der Waals surface area contributed by atoms with Crippen LogP contribution >= 0.6 is 0 Å². The zero-order valence-corrected chi connectivity index (χ0v) is 21.7. The summed E-state index contributed by atoms with van der Waals surface area (Å²) in [5, 5.41) is 0.832. The number of nitrogens with zero attached hydrogens (tertiary/aromatic N) is 1. The molecule has 0 spiro atoms. The number of methoxy groups -OCH3 is 2. The first-order valence-corrected chi connectivity index (χ1v) is 13.2. The molecule has 0 amide bonds. The summed E-state index contributed by atoms with van der Waals surface area (Å²) in [7, 11) is -1.23. The summed E-state index contributed by atoms with van der Waals surface area (Å²) >= 11 is 0. The number of aromatic amines is 1. The monoisotopic (exact) mass is 520 g/mol. The van der Waals surface area contributed by atoms with Crippen molar-refractivity contribution >= 4 is 26.9 Å². The van der Waals surface area contributed by atoms with E-state index in [0.29, 0.717) is 16.8 Å². The van der Waals surface area contributed by atoms with E-state index >= 15 is 0 Å². The molecule has 1 aromatic heterocycles. The molecule has 0 aliphatic carbocycles. The molecule has 3 aromatic carbocycles. The van der Waals surface area contributed by atoms with E-state index in [2.05, 4.69) is 4.98 Å². The van der Waals surface area contributed by atoms with Gasteiger partial charge in [-0.1, -0.05) is 25.1 Å². The van der Waals surface area contributed by atoms with Gasteiger partial charge < -0.3 is 14.5 Å². The number of nitrogens with one attached hydrogen (secondary N) is 1. The minimum atomic E-state index is -4.05. The van der Waals surface area contributed by atoms with Crippen molar-refractivity contribution in [2.24, 2.45) is 0 Å². The maximum Gasteiger partial charge on any atom is 0.337 e. The molecule has 0 bridgehead atoms. The third-order valence-electron chi connectivity index (χ3n) is 6.17. The summed E-state index contributed by atoms with van der Waals surface area (Å²) in [5.41, 5.74) is 2.73. The second-order valence-electron chi connectivity index (χ2n) is 8.54. The Hall–Kier alpha value is -3.95. The zero-order valence-electron chi connectivity index (χ0n) is 20.9. The first kappa shape index (κ1) is 26.1. The molecule has 0 aliphatic rings. The Labute approximate surface area is 215 Å². The molecule has 0 saturated heterocycles. The summed E-state index contributed by atoms with van der Waals surface area (Å²) in [4.78, 5) is 27.6. The van der Waals surface area contributed by atoms with Gasteiger partial charge in [0, 0.05) is 24.2 Å². The fourth-order valence-electron chi connectivity index (χ4n) is 4.02. The second kappa shape index (κ2) is 11.0. The predicted molar refractivity (Wildman–Crippen MR) is 141 cm³/mol. The van der Waals surface area contributed by atoms with Crippen molar-refractivity contribution in [2.45, 2.75) is 31.3 Å². The van der Waals surface area contributed by atoms with E-state index in [0.717, 1.165) is 22.9 Å². The standard InChI is InChI=1S/C28H28N2O6S/c1-4-19-7-14-26-22(15-19)16-23(27(31)29-26)18-30(17-20-5-10-24(35-2)11-6-20)37(33,34)25-12-8-21(9-13-25)28(32)36-3/h5-16H,4,17-18H2,1-3H3,(H,29,31). The zero-order chi connectivity index (χ0) is 26.6. The molecule has 4 rings (SSSR count). The minimum Gasteiger partial charge on any atom is -0.497 e. The van der Waals surface area contributed by atoms with Gasteiger partial charge in [0.15, 0.2) is 0 Å². The summed E-state index contributed by atoms with van der Waals surface area (Å²) in [5.74, 6) is 0.0856. The van der Waals surface area contributed by atoms with E-state index in [1.54, 1.807) is 37.4 Å². The van der Waals surface area contributed by atoms with Gasteiger partial charge in [-0.2, -0.15) is 4.31 Å². The van der Waals surface area contributed by atoms with Crippen LogP contribution in [0.15, 0.2) is 82.5 Å². The fraction of sp³-hybridized carbons (Fsp3) is 0.214. The third-order valence-corrected chi connectivity index (χ3v) is 7.98. The quantitative estimate of drug-likeness (QED) is 0.330. The van der Waals surface area contributed by atoms with Gasteiger partial charge >= 0.3 is 5.97 Å². The lowest BCUT2D eigenvalue weighted by Crippen LogP contribution is -2.32. The number of aromatic nitrogens is 1. The van der Waals surface area contributed by atoms with Crippen molar-refractivity contribution in [3.05, 3.63) is 105 Å². The number of aryl methyl sites for hydroxylation is 1. The number of carbonyl (C=O) groups excluding carboxylic acids is 1. The van der Waals surface area contributed by atoms with Gasteiger partial charge in [0.1, 0.15) is 5.75 Å². The van der Waals surface area contributed by atoms with Crippen LogP contribution in [0, 0.1) is 0 Å². The number of ether oxygens (including phenoxy) is 2.